The van der Waals surface area contributed by atoms with E-state index in [-0.39, 0.29) is 0 Å². The molecule has 2 rings (SSSR count). The third kappa shape index (κ3) is 3.36. The normalized spacial score (nSPS) is 10.7. The predicted molar refractivity (Wildman–Crippen MR) is 75.5 cm³/mol. The lowest BCUT2D eigenvalue weighted by Crippen LogP contribution is -1.94. The zero-order chi connectivity index (χ0) is 12.8. The topological polar surface area (TPSA) is 54.7 Å². The predicted octanol–water partition coefficient (Wildman–Crippen LogP) is 3.32. The molecular formula is C15H21N3. The molecule has 3 heteroatoms. The first kappa shape index (κ1) is 12.7. The number of hydrogen-bond acceptors (Lipinski definition) is 2. The lowest BCUT2D eigenvalue weighted by Gasteiger charge is -1.98. The number of anilines is 1. The Bertz CT molecular complexity index is 474. The molecule has 0 saturated carbocycles. The highest BCUT2D eigenvalue weighted by Crippen LogP contribution is 2.15. The molecule has 0 aliphatic carbocycles. The highest BCUT2D eigenvalue weighted by molar-refractivity contribution is 5.39. The van der Waals surface area contributed by atoms with Crippen molar-refractivity contribution in [3.8, 4) is 0 Å². The summed E-state index contributed by atoms with van der Waals surface area (Å²) in [6.07, 6.45) is 5.44. The maximum atomic E-state index is 5.98. The number of nitrogen functional groups attached to an aromatic ring is 1. The average molecular weight is 243 g/mol. The number of rotatable bonds is 6. The third-order valence-corrected chi connectivity index (χ3v) is 3.09. The van der Waals surface area contributed by atoms with Crippen molar-refractivity contribution in [3.05, 3.63) is 47.4 Å². The van der Waals surface area contributed by atoms with Crippen LogP contribution in [0.2, 0.25) is 0 Å². The van der Waals surface area contributed by atoms with Crippen molar-refractivity contribution < 1.29 is 0 Å². The van der Waals surface area contributed by atoms with Gasteiger partial charge in [-0.2, -0.15) is 0 Å². The number of imidazole rings is 1. The number of benzene rings is 1. The summed E-state index contributed by atoms with van der Waals surface area (Å²) in [5.41, 5.74) is 8.19. The van der Waals surface area contributed by atoms with Crippen LogP contribution in [0.5, 0.6) is 0 Å². The molecule has 0 aliphatic heterocycles. The number of nitrogens with zero attached hydrogens (tertiary/aromatic N) is 1. The summed E-state index contributed by atoms with van der Waals surface area (Å²) in [6.45, 7) is 2.21. The van der Waals surface area contributed by atoms with Crippen molar-refractivity contribution in [2.75, 3.05) is 5.73 Å². The fourth-order valence-electron chi connectivity index (χ4n) is 2.06. The molecule has 18 heavy (non-hydrogen) atoms. The molecular weight excluding hydrogens is 222 g/mol. The standard InChI is InChI=1S/C15H21N3/c1-2-3-5-10-14-17-13(15(16)18-14)11-12-8-6-4-7-9-12/h4,6-9H,2-3,5,10-11,16H2,1H3,(H,17,18). The summed E-state index contributed by atoms with van der Waals surface area (Å²) < 4.78 is 0. The Kier molecular flexibility index (Phi) is 4.40. The molecule has 3 N–H and O–H groups in total. The van der Waals surface area contributed by atoms with Crippen LogP contribution >= 0.6 is 0 Å². The summed E-state index contributed by atoms with van der Waals surface area (Å²) in [7, 11) is 0. The Hall–Kier alpha value is -1.77. The van der Waals surface area contributed by atoms with E-state index in [1.807, 2.05) is 18.2 Å². The molecule has 1 aromatic heterocycles. The van der Waals surface area contributed by atoms with Gasteiger partial charge in [-0.25, -0.2) is 4.98 Å². The fourth-order valence-corrected chi connectivity index (χ4v) is 2.06. The SMILES string of the molecule is CCCCCc1nc(Cc2ccccc2)c(N)[nH]1. The van der Waals surface area contributed by atoms with E-state index in [2.05, 4.69) is 29.0 Å². The van der Waals surface area contributed by atoms with Gasteiger partial charge < -0.3 is 10.7 Å². The van der Waals surface area contributed by atoms with Crippen LogP contribution in [0.1, 0.15) is 43.3 Å². The molecule has 3 nitrogen and oxygen atoms in total. The van der Waals surface area contributed by atoms with Crippen molar-refractivity contribution in [2.45, 2.75) is 39.0 Å². The molecule has 0 bridgehead atoms. The second-order valence-electron chi connectivity index (χ2n) is 4.66. The van der Waals surface area contributed by atoms with Crippen molar-refractivity contribution in [1.29, 1.82) is 0 Å². The molecule has 0 fully saturated rings. The fraction of sp³-hybridized carbons (Fsp3) is 0.400. The van der Waals surface area contributed by atoms with Crippen LogP contribution in [-0.2, 0) is 12.8 Å². The van der Waals surface area contributed by atoms with Crippen LogP contribution in [0, 0.1) is 0 Å². The number of H-pyrrole nitrogens is 1. The number of nitrogens with two attached hydrogens (primary N) is 1. The number of aryl methyl sites for hydroxylation is 1. The zero-order valence-corrected chi connectivity index (χ0v) is 10.9. The quantitative estimate of drug-likeness (QED) is 0.765. The molecule has 0 unspecified atom stereocenters. The molecule has 0 spiro atoms. The van der Waals surface area contributed by atoms with Crippen molar-refractivity contribution in [1.82, 2.24) is 9.97 Å². The largest absolute Gasteiger partial charge is 0.384 e. The molecule has 1 aromatic carbocycles. The third-order valence-electron chi connectivity index (χ3n) is 3.09. The van der Waals surface area contributed by atoms with Gasteiger partial charge in [-0.3, -0.25) is 0 Å². The van der Waals surface area contributed by atoms with E-state index in [0.717, 1.165) is 24.4 Å². The van der Waals surface area contributed by atoms with E-state index >= 15 is 0 Å². The molecule has 0 amide bonds. The van der Waals surface area contributed by atoms with E-state index in [1.54, 1.807) is 0 Å². The zero-order valence-electron chi connectivity index (χ0n) is 10.9. The highest BCUT2D eigenvalue weighted by atomic mass is 15.0. The minimum Gasteiger partial charge on any atom is -0.384 e. The number of unbranched alkanes of at least 4 members (excludes halogenated alkanes) is 2. The summed E-state index contributed by atoms with van der Waals surface area (Å²) in [5, 5.41) is 0. The first-order valence-corrected chi connectivity index (χ1v) is 6.66. The minimum absolute atomic E-state index is 0.713. The lowest BCUT2D eigenvalue weighted by atomic mass is 10.1. The van der Waals surface area contributed by atoms with E-state index in [0.29, 0.717) is 5.82 Å². The van der Waals surface area contributed by atoms with Crippen LogP contribution in [0.15, 0.2) is 30.3 Å². The van der Waals surface area contributed by atoms with E-state index in [4.69, 9.17) is 5.73 Å². The van der Waals surface area contributed by atoms with E-state index in [1.165, 1.54) is 24.8 Å². The molecule has 0 radical (unpaired) electrons. The van der Waals surface area contributed by atoms with Crippen LogP contribution in [-0.4, -0.2) is 9.97 Å². The Morgan fingerprint density at radius 2 is 1.94 bits per heavy atom. The van der Waals surface area contributed by atoms with Gasteiger partial charge in [0.2, 0.25) is 0 Å². The van der Waals surface area contributed by atoms with Gasteiger partial charge in [0.25, 0.3) is 0 Å². The van der Waals surface area contributed by atoms with Gasteiger partial charge in [0.05, 0.1) is 5.69 Å². The Labute approximate surface area is 108 Å². The van der Waals surface area contributed by atoms with Gasteiger partial charge in [0.15, 0.2) is 0 Å². The molecule has 0 atom stereocenters. The lowest BCUT2D eigenvalue weighted by molar-refractivity contribution is 0.698. The number of aromatic nitrogens is 2. The second-order valence-corrected chi connectivity index (χ2v) is 4.66. The molecule has 2 aromatic rings. The second kappa shape index (κ2) is 6.24. The van der Waals surface area contributed by atoms with Gasteiger partial charge in [-0.1, -0.05) is 50.1 Å². The maximum Gasteiger partial charge on any atom is 0.124 e. The van der Waals surface area contributed by atoms with E-state index in [9.17, 15) is 0 Å². The Morgan fingerprint density at radius 1 is 1.17 bits per heavy atom. The molecule has 0 aliphatic rings. The number of aromatic amines is 1. The summed E-state index contributed by atoms with van der Waals surface area (Å²) >= 11 is 0. The van der Waals surface area contributed by atoms with Gasteiger partial charge in [0.1, 0.15) is 11.6 Å². The van der Waals surface area contributed by atoms with Gasteiger partial charge >= 0.3 is 0 Å². The van der Waals surface area contributed by atoms with Crippen molar-refractivity contribution in [2.24, 2.45) is 0 Å². The molecule has 1 heterocycles. The number of hydrogen-bond donors (Lipinski definition) is 2. The van der Waals surface area contributed by atoms with Crippen LogP contribution in [0.3, 0.4) is 0 Å². The van der Waals surface area contributed by atoms with Crippen molar-refractivity contribution in [3.63, 3.8) is 0 Å². The minimum atomic E-state index is 0.713. The maximum absolute atomic E-state index is 5.98. The van der Waals surface area contributed by atoms with Gasteiger partial charge in [0, 0.05) is 12.8 Å². The highest BCUT2D eigenvalue weighted by Gasteiger charge is 2.07. The molecule has 96 valence electrons. The number of nitrogens with one attached hydrogen (secondary N) is 1. The first-order chi connectivity index (χ1) is 8.79. The first-order valence-electron chi connectivity index (χ1n) is 6.66. The molecule has 0 saturated heterocycles. The van der Waals surface area contributed by atoms with Gasteiger partial charge in [-0.05, 0) is 12.0 Å². The van der Waals surface area contributed by atoms with Crippen LogP contribution in [0.4, 0.5) is 5.82 Å². The Balaban J connectivity index is 2.01. The van der Waals surface area contributed by atoms with Crippen LogP contribution in [0.25, 0.3) is 0 Å². The monoisotopic (exact) mass is 243 g/mol. The van der Waals surface area contributed by atoms with Crippen molar-refractivity contribution >= 4 is 5.82 Å². The smallest absolute Gasteiger partial charge is 0.124 e. The average Bonchev–Trinajstić information content (AvgIpc) is 2.72. The summed E-state index contributed by atoms with van der Waals surface area (Å²) in [6, 6.07) is 10.3. The van der Waals surface area contributed by atoms with Gasteiger partial charge in [-0.15, -0.1) is 0 Å². The summed E-state index contributed by atoms with van der Waals surface area (Å²) in [4.78, 5) is 7.79. The van der Waals surface area contributed by atoms with Crippen LogP contribution < -0.4 is 5.73 Å². The summed E-state index contributed by atoms with van der Waals surface area (Å²) in [5.74, 6) is 1.73. The van der Waals surface area contributed by atoms with E-state index < -0.39 is 0 Å². The Morgan fingerprint density at radius 3 is 2.67 bits per heavy atom.